The van der Waals surface area contributed by atoms with Crippen LogP contribution in [0.5, 0.6) is 11.5 Å². The molecule has 1 atom stereocenters. The van der Waals surface area contributed by atoms with Crippen molar-refractivity contribution in [3.05, 3.63) is 77.4 Å². The number of aliphatic hydroxyl groups is 1. The predicted molar refractivity (Wildman–Crippen MR) is 135 cm³/mol. The van der Waals surface area contributed by atoms with Gasteiger partial charge in [-0.05, 0) is 85.1 Å². The summed E-state index contributed by atoms with van der Waals surface area (Å²) in [6.45, 7) is 1.61. The molecule has 0 spiro atoms. The Hall–Kier alpha value is -3.59. The van der Waals surface area contributed by atoms with Crippen molar-refractivity contribution in [3.63, 3.8) is 0 Å². The van der Waals surface area contributed by atoms with Crippen molar-refractivity contribution in [2.45, 2.75) is 18.9 Å². The van der Waals surface area contributed by atoms with Crippen LogP contribution < -0.4 is 26.4 Å². The standard InChI is InChI=1S/C26H32N4O4/c1-34-26-9-7-22(14-20(26)10-12-27)30-21-5-2-18(3-6-21)11-13-28-16-25(33)19-4-8-24(32)23(15-19)29-17-31/h2-9,14-15,17,25,28,30,32-33H,10-13,16,27H2,1H3,(H,29,31)/t25-/m0/s1. The number of aromatic hydroxyl groups is 1. The number of hydrogen-bond donors (Lipinski definition) is 6. The Balaban J connectivity index is 1.48. The highest BCUT2D eigenvalue weighted by molar-refractivity contribution is 5.75. The second-order valence-corrected chi connectivity index (χ2v) is 7.90. The van der Waals surface area contributed by atoms with E-state index in [9.17, 15) is 15.0 Å². The predicted octanol–water partition coefficient (Wildman–Crippen LogP) is 3.08. The largest absolute Gasteiger partial charge is 0.506 e. The van der Waals surface area contributed by atoms with E-state index < -0.39 is 6.10 Å². The lowest BCUT2D eigenvalue weighted by atomic mass is 10.1. The fourth-order valence-corrected chi connectivity index (χ4v) is 3.66. The van der Waals surface area contributed by atoms with Gasteiger partial charge in [-0.1, -0.05) is 18.2 Å². The monoisotopic (exact) mass is 464 g/mol. The number of methoxy groups -OCH3 is 1. The van der Waals surface area contributed by atoms with E-state index in [1.807, 2.05) is 24.3 Å². The van der Waals surface area contributed by atoms with E-state index in [-0.39, 0.29) is 11.4 Å². The molecule has 0 aliphatic heterocycles. The average molecular weight is 465 g/mol. The number of carbonyl (C=O) groups is 1. The molecule has 0 radical (unpaired) electrons. The fourth-order valence-electron chi connectivity index (χ4n) is 3.66. The molecule has 0 aliphatic rings. The summed E-state index contributed by atoms with van der Waals surface area (Å²) in [6.07, 6.45) is 1.29. The molecule has 0 unspecified atom stereocenters. The number of hydrogen-bond acceptors (Lipinski definition) is 7. The van der Waals surface area contributed by atoms with Gasteiger partial charge in [-0.2, -0.15) is 0 Å². The highest BCUT2D eigenvalue weighted by atomic mass is 16.5. The average Bonchev–Trinajstić information content (AvgIpc) is 2.84. The van der Waals surface area contributed by atoms with Crippen LogP contribution in [0.15, 0.2) is 60.7 Å². The zero-order valence-electron chi connectivity index (χ0n) is 19.3. The molecule has 34 heavy (non-hydrogen) atoms. The van der Waals surface area contributed by atoms with Crippen molar-refractivity contribution in [3.8, 4) is 11.5 Å². The quantitative estimate of drug-likeness (QED) is 0.130. The molecule has 0 saturated carbocycles. The molecule has 8 heteroatoms. The van der Waals surface area contributed by atoms with Crippen LogP contribution in [0.3, 0.4) is 0 Å². The van der Waals surface area contributed by atoms with Gasteiger partial charge < -0.3 is 36.6 Å². The maximum Gasteiger partial charge on any atom is 0.211 e. The number of nitrogens with two attached hydrogens (primary N) is 1. The van der Waals surface area contributed by atoms with Crippen LogP contribution in [0.25, 0.3) is 0 Å². The number of ether oxygens (including phenoxy) is 1. The number of carbonyl (C=O) groups excluding carboxylic acids is 1. The van der Waals surface area contributed by atoms with Gasteiger partial charge >= 0.3 is 0 Å². The minimum atomic E-state index is -0.756. The minimum Gasteiger partial charge on any atom is -0.506 e. The normalized spacial score (nSPS) is 11.6. The molecule has 180 valence electrons. The summed E-state index contributed by atoms with van der Waals surface area (Å²) in [7, 11) is 1.66. The van der Waals surface area contributed by atoms with Crippen molar-refractivity contribution in [2.75, 3.05) is 37.4 Å². The van der Waals surface area contributed by atoms with Gasteiger partial charge in [0.2, 0.25) is 6.41 Å². The van der Waals surface area contributed by atoms with Crippen LogP contribution >= 0.6 is 0 Å². The summed E-state index contributed by atoms with van der Waals surface area (Å²) in [6, 6.07) is 18.8. The summed E-state index contributed by atoms with van der Waals surface area (Å²) < 4.78 is 5.39. The van der Waals surface area contributed by atoms with E-state index in [1.54, 1.807) is 19.2 Å². The number of phenolic OH excluding ortho intramolecular Hbond substituents is 1. The molecule has 3 rings (SSSR count). The lowest BCUT2D eigenvalue weighted by molar-refractivity contribution is -0.105. The van der Waals surface area contributed by atoms with Crippen LogP contribution in [-0.2, 0) is 17.6 Å². The van der Waals surface area contributed by atoms with Gasteiger partial charge in [0.15, 0.2) is 0 Å². The molecule has 0 saturated heterocycles. The van der Waals surface area contributed by atoms with Crippen LogP contribution in [0.4, 0.5) is 17.1 Å². The van der Waals surface area contributed by atoms with E-state index in [2.05, 4.69) is 34.1 Å². The van der Waals surface area contributed by atoms with Gasteiger partial charge in [0.05, 0.1) is 18.9 Å². The lowest BCUT2D eigenvalue weighted by Crippen LogP contribution is -2.23. The summed E-state index contributed by atoms with van der Waals surface area (Å²) in [4.78, 5) is 10.6. The Labute approximate surface area is 199 Å². The lowest BCUT2D eigenvalue weighted by Gasteiger charge is -2.14. The van der Waals surface area contributed by atoms with Crippen molar-refractivity contribution in [2.24, 2.45) is 5.73 Å². The third-order valence-corrected chi connectivity index (χ3v) is 5.48. The number of anilines is 3. The smallest absolute Gasteiger partial charge is 0.211 e. The maximum atomic E-state index is 10.6. The topological polar surface area (TPSA) is 129 Å². The number of phenols is 1. The molecular weight excluding hydrogens is 432 g/mol. The Bertz CT molecular complexity index is 1070. The van der Waals surface area contributed by atoms with Crippen LogP contribution in [0.2, 0.25) is 0 Å². The Kier molecular flexibility index (Phi) is 9.28. The molecular formula is C26H32N4O4. The van der Waals surface area contributed by atoms with Gasteiger partial charge in [0, 0.05) is 17.9 Å². The fraction of sp³-hybridized carbons (Fsp3) is 0.269. The third-order valence-electron chi connectivity index (χ3n) is 5.48. The minimum absolute atomic E-state index is 0.0445. The van der Waals surface area contributed by atoms with E-state index in [0.29, 0.717) is 31.6 Å². The first-order valence-corrected chi connectivity index (χ1v) is 11.2. The molecule has 3 aromatic rings. The molecule has 0 aliphatic carbocycles. The highest BCUT2D eigenvalue weighted by Gasteiger charge is 2.10. The molecule has 1 amide bonds. The Morgan fingerprint density at radius 2 is 1.79 bits per heavy atom. The van der Waals surface area contributed by atoms with Crippen molar-refractivity contribution in [1.29, 1.82) is 0 Å². The third kappa shape index (κ3) is 6.95. The van der Waals surface area contributed by atoms with Crippen LogP contribution in [-0.4, -0.2) is 43.4 Å². The number of amides is 1. The molecule has 3 aromatic carbocycles. The molecule has 7 N–H and O–H groups in total. The van der Waals surface area contributed by atoms with Gasteiger partial charge in [-0.25, -0.2) is 0 Å². The van der Waals surface area contributed by atoms with Gasteiger partial charge in [0.1, 0.15) is 11.5 Å². The van der Waals surface area contributed by atoms with Crippen molar-refractivity contribution in [1.82, 2.24) is 5.32 Å². The summed E-state index contributed by atoms with van der Waals surface area (Å²) in [5, 5.41) is 29.2. The van der Waals surface area contributed by atoms with E-state index in [4.69, 9.17) is 10.5 Å². The zero-order chi connectivity index (χ0) is 24.3. The van der Waals surface area contributed by atoms with Gasteiger partial charge in [0.25, 0.3) is 0 Å². The van der Waals surface area contributed by atoms with E-state index in [0.717, 1.165) is 35.5 Å². The van der Waals surface area contributed by atoms with Crippen molar-refractivity contribution < 1.29 is 19.7 Å². The first-order valence-electron chi connectivity index (χ1n) is 11.2. The summed E-state index contributed by atoms with van der Waals surface area (Å²) >= 11 is 0. The molecule has 0 aromatic heterocycles. The molecule has 0 heterocycles. The highest BCUT2D eigenvalue weighted by Crippen LogP contribution is 2.27. The maximum absolute atomic E-state index is 10.6. The second-order valence-electron chi connectivity index (χ2n) is 7.90. The SMILES string of the molecule is COc1ccc(Nc2ccc(CCNC[C@H](O)c3ccc(O)c(NC=O)c3)cc2)cc1CCN. The molecule has 0 bridgehead atoms. The zero-order valence-corrected chi connectivity index (χ0v) is 19.3. The Morgan fingerprint density at radius 1 is 1.03 bits per heavy atom. The van der Waals surface area contributed by atoms with Gasteiger partial charge in [-0.15, -0.1) is 0 Å². The number of nitrogens with one attached hydrogen (secondary N) is 3. The van der Waals surface area contributed by atoms with Crippen LogP contribution in [0, 0.1) is 0 Å². The second kappa shape index (κ2) is 12.6. The number of rotatable bonds is 13. The van der Waals surface area contributed by atoms with Gasteiger partial charge in [-0.3, -0.25) is 4.79 Å². The Morgan fingerprint density at radius 3 is 2.50 bits per heavy atom. The first kappa shape index (κ1) is 25.0. The molecule has 0 fully saturated rings. The first-order chi connectivity index (χ1) is 16.5. The van der Waals surface area contributed by atoms with Crippen molar-refractivity contribution >= 4 is 23.5 Å². The van der Waals surface area contributed by atoms with E-state index in [1.165, 1.54) is 11.6 Å². The summed E-state index contributed by atoms with van der Waals surface area (Å²) in [5.74, 6) is 0.796. The summed E-state index contributed by atoms with van der Waals surface area (Å²) in [5.41, 5.74) is 10.8. The number of aliphatic hydroxyl groups excluding tert-OH is 1. The molecule has 8 nitrogen and oxygen atoms in total. The number of benzene rings is 3. The van der Waals surface area contributed by atoms with E-state index >= 15 is 0 Å². The van der Waals surface area contributed by atoms with Crippen LogP contribution in [0.1, 0.15) is 22.8 Å².